The van der Waals surface area contributed by atoms with Gasteiger partial charge in [0, 0.05) is 24.7 Å². The Morgan fingerprint density at radius 1 is 1.42 bits per heavy atom. The zero-order valence-corrected chi connectivity index (χ0v) is 11.5. The maximum Gasteiger partial charge on any atom is 0.254 e. The van der Waals surface area contributed by atoms with E-state index in [0.717, 1.165) is 25.9 Å². The van der Waals surface area contributed by atoms with Crippen LogP contribution in [0.15, 0.2) is 18.2 Å². The quantitative estimate of drug-likeness (QED) is 0.891. The van der Waals surface area contributed by atoms with Gasteiger partial charge in [0.25, 0.3) is 5.91 Å². The summed E-state index contributed by atoms with van der Waals surface area (Å²) in [6.45, 7) is 5.26. The molecular formula is C15H21FN2O. The van der Waals surface area contributed by atoms with E-state index in [1.807, 2.05) is 11.8 Å². The number of halogens is 1. The van der Waals surface area contributed by atoms with Crippen LogP contribution in [0.3, 0.4) is 0 Å². The lowest BCUT2D eigenvalue weighted by atomic mass is 9.90. The minimum atomic E-state index is -0.301. The molecule has 0 spiro atoms. The molecule has 1 aromatic carbocycles. The van der Waals surface area contributed by atoms with Gasteiger partial charge in [0.15, 0.2) is 0 Å². The summed E-state index contributed by atoms with van der Waals surface area (Å²) in [5, 5.41) is 0. The van der Waals surface area contributed by atoms with Crippen LogP contribution in [-0.4, -0.2) is 29.9 Å². The second-order valence-corrected chi connectivity index (χ2v) is 5.45. The molecular weight excluding hydrogens is 243 g/mol. The predicted octanol–water partition coefficient (Wildman–Crippen LogP) is 2.33. The highest BCUT2D eigenvalue weighted by Gasteiger charge is 2.26. The molecule has 1 amide bonds. The first-order chi connectivity index (χ1) is 8.99. The summed E-state index contributed by atoms with van der Waals surface area (Å²) in [4.78, 5) is 14.2. The standard InChI is InChI=1S/C15H21FN2O/c1-10-9-13(16)3-4-14(10)15(19)18-7-5-12(6-8-18)11(2)17/h3-4,9,11-12H,5-8,17H2,1-2H3. The topological polar surface area (TPSA) is 46.3 Å². The fraction of sp³-hybridized carbons (Fsp3) is 0.533. The summed E-state index contributed by atoms with van der Waals surface area (Å²) in [5.41, 5.74) is 7.19. The Labute approximate surface area is 113 Å². The van der Waals surface area contributed by atoms with E-state index in [2.05, 4.69) is 0 Å². The van der Waals surface area contributed by atoms with Gasteiger partial charge in [0.05, 0.1) is 0 Å². The molecule has 4 heteroatoms. The number of nitrogens with two attached hydrogens (primary N) is 1. The zero-order valence-electron chi connectivity index (χ0n) is 11.5. The van der Waals surface area contributed by atoms with Crippen molar-refractivity contribution in [2.45, 2.75) is 32.7 Å². The van der Waals surface area contributed by atoms with E-state index in [1.54, 1.807) is 13.0 Å². The first kappa shape index (κ1) is 14.0. The Bertz CT molecular complexity index is 465. The summed E-state index contributed by atoms with van der Waals surface area (Å²) in [5.74, 6) is 0.198. The van der Waals surface area contributed by atoms with Crippen molar-refractivity contribution in [3.05, 3.63) is 35.1 Å². The molecule has 1 heterocycles. The molecule has 0 aromatic heterocycles. The van der Waals surface area contributed by atoms with Gasteiger partial charge in [-0.3, -0.25) is 4.79 Å². The van der Waals surface area contributed by atoms with E-state index in [1.165, 1.54) is 12.1 Å². The first-order valence-electron chi connectivity index (χ1n) is 6.80. The van der Waals surface area contributed by atoms with Crippen molar-refractivity contribution in [2.75, 3.05) is 13.1 Å². The molecule has 104 valence electrons. The maximum absolute atomic E-state index is 13.1. The van der Waals surface area contributed by atoms with Gasteiger partial charge in [-0.25, -0.2) is 4.39 Å². The van der Waals surface area contributed by atoms with Crippen molar-refractivity contribution in [3.63, 3.8) is 0 Å². The third-order valence-corrected chi connectivity index (χ3v) is 3.99. The van der Waals surface area contributed by atoms with Crippen LogP contribution in [0.25, 0.3) is 0 Å². The smallest absolute Gasteiger partial charge is 0.254 e. The van der Waals surface area contributed by atoms with Crippen molar-refractivity contribution >= 4 is 5.91 Å². The Morgan fingerprint density at radius 2 is 2.05 bits per heavy atom. The van der Waals surface area contributed by atoms with Crippen molar-refractivity contribution in [2.24, 2.45) is 11.7 Å². The highest BCUT2D eigenvalue weighted by Crippen LogP contribution is 2.22. The summed E-state index contributed by atoms with van der Waals surface area (Å²) in [6, 6.07) is 4.51. The first-order valence-corrected chi connectivity index (χ1v) is 6.80. The van der Waals surface area contributed by atoms with Crippen LogP contribution < -0.4 is 5.73 Å². The molecule has 0 aliphatic carbocycles. The number of likely N-dealkylation sites (tertiary alicyclic amines) is 1. The Hall–Kier alpha value is -1.42. The minimum Gasteiger partial charge on any atom is -0.339 e. The number of nitrogens with zero attached hydrogens (tertiary/aromatic N) is 1. The lowest BCUT2D eigenvalue weighted by Gasteiger charge is -2.34. The minimum absolute atomic E-state index is 0.000578. The molecule has 19 heavy (non-hydrogen) atoms. The molecule has 0 saturated carbocycles. The normalized spacial score (nSPS) is 18.4. The number of amides is 1. The number of hydrogen-bond acceptors (Lipinski definition) is 2. The Kier molecular flexibility index (Phi) is 4.20. The molecule has 2 N–H and O–H groups in total. The van der Waals surface area contributed by atoms with Crippen LogP contribution >= 0.6 is 0 Å². The lowest BCUT2D eigenvalue weighted by Crippen LogP contribution is -2.42. The van der Waals surface area contributed by atoms with Gasteiger partial charge in [-0.15, -0.1) is 0 Å². The third kappa shape index (κ3) is 3.13. The molecule has 0 radical (unpaired) electrons. The van der Waals surface area contributed by atoms with Gasteiger partial charge < -0.3 is 10.6 Å². The maximum atomic E-state index is 13.1. The zero-order chi connectivity index (χ0) is 14.0. The molecule has 1 aliphatic heterocycles. The number of hydrogen-bond donors (Lipinski definition) is 1. The van der Waals surface area contributed by atoms with E-state index < -0.39 is 0 Å². The van der Waals surface area contributed by atoms with Gasteiger partial charge in [-0.1, -0.05) is 0 Å². The third-order valence-electron chi connectivity index (χ3n) is 3.99. The molecule has 1 aliphatic rings. The average molecular weight is 264 g/mol. The highest BCUT2D eigenvalue weighted by molar-refractivity contribution is 5.95. The number of piperidine rings is 1. The lowest BCUT2D eigenvalue weighted by molar-refractivity contribution is 0.0680. The van der Waals surface area contributed by atoms with Gasteiger partial charge >= 0.3 is 0 Å². The van der Waals surface area contributed by atoms with E-state index >= 15 is 0 Å². The molecule has 2 rings (SSSR count). The summed E-state index contributed by atoms with van der Waals surface area (Å²) in [6.07, 6.45) is 1.90. The number of carbonyl (C=O) groups excluding carboxylic acids is 1. The van der Waals surface area contributed by atoms with Crippen molar-refractivity contribution in [1.29, 1.82) is 0 Å². The van der Waals surface area contributed by atoms with Gasteiger partial charge in [0.2, 0.25) is 0 Å². The highest BCUT2D eigenvalue weighted by atomic mass is 19.1. The second kappa shape index (κ2) is 5.70. The van der Waals surface area contributed by atoms with Crippen molar-refractivity contribution in [3.8, 4) is 0 Å². The van der Waals surface area contributed by atoms with E-state index in [4.69, 9.17) is 5.73 Å². The van der Waals surface area contributed by atoms with Crippen LogP contribution in [0, 0.1) is 18.7 Å². The van der Waals surface area contributed by atoms with Gasteiger partial charge in [-0.05, 0) is 56.4 Å². The SMILES string of the molecule is Cc1cc(F)ccc1C(=O)N1CCC(C(C)N)CC1. The monoisotopic (exact) mass is 264 g/mol. The van der Waals surface area contributed by atoms with Crippen LogP contribution in [0.1, 0.15) is 35.7 Å². The number of carbonyl (C=O) groups is 1. The van der Waals surface area contributed by atoms with Gasteiger partial charge in [0.1, 0.15) is 5.82 Å². The largest absolute Gasteiger partial charge is 0.339 e. The summed E-state index contributed by atoms with van der Waals surface area (Å²) < 4.78 is 13.1. The summed E-state index contributed by atoms with van der Waals surface area (Å²) >= 11 is 0. The number of rotatable bonds is 2. The Morgan fingerprint density at radius 3 is 2.58 bits per heavy atom. The van der Waals surface area contributed by atoms with Gasteiger partial charge in [-0.2, -0.15) is 0 Å². The molecule has 0 bridgehead atoms. The fourth-order valence-electron chi connectivity index (χ4n) is 2.67. The molecule has 1 saturated heterocycles. The van der Waals surface area contributed by atoms with Crippen LogP contribution in [-0.2, 0) is 0 Å². The molecule has 1 atom stereocenters. The fourth-order valence-corrected chi connectivity index (χ4v) is 2.67. The number of benzene rings is 1. The molecule has 1 aromatic rings. The van der Waals surface area contributed by atoms with E-state index in [0.29, 0.717) is 17.0 Å². The van der Waals surface area contributed by atoms with E-state index in [9.17, 15) is 9.18 Å². The molecule has 1 fully saturated rings. The van der Waals surface area contributed by atoms with Crippen LogP contribution in [0.5, 0.6) is 0 Å². The van der Waals surface area contributed by atoms with Crippen LogP contribution in [0.4, 0.5) is 4.39 Å². The Balaban J connectivity index is 2.05. The molecule has 1 unspecified atom stereocenters. The van der Waals surface area contributed by atoms with Crippen molar-refractivity contribution < 1.29 is 9.18 Å². The predicted molar refractivity (Wildman–Crippen MR) is 73.4 cm³/mol. The van der Waals surface area contributed by atoms with E-state index in [-0.39, 0.29) is 17.8 Å². The molecule has 3 nitrogen and oxygen atoms in total. The summed E-state index contributed by atoms with van der Waals surface area (Å²) in [7, 11) is 0. The number of aryl methyl sites for hydroxylation is 1. The van der Waals surface area contributed by atoms with Crippen LogP contribution in [0.2, 0.25) is 0 Å². The average Bonchev–Trinajstić information content (AvgIpc) is 2.38. The second-order valence-electron chi connectivity index (χ2n) is 5.45. The van der Waals surface area contributed by atoms with Crippen molar-refractivity contribution in [1.82, 2.24) is 4.90 Å².